The maximum Gasteiger partial charge on any atom is 0.148 e. The van der Waals surface area contributed by atoms with Gasteiger partial charge in [-0.1, -0.05) is 38.8 Å². The Balaban J connectivity index is 2.75. The maximum atomic E-state index is 5.29. The van der Waals surface area contributed by atoms with Gasteiger partial charge in [0.2, 0.25) is 0 Å². The molecule has 1 heteroatoms. The van der Waals surface area contributed by atoms with Crippen LogP contribution in [0.15, 0.2) is 24.3 Å². The highest BCUT2D eigenvalue weighted by atomic mass is 16.5. The summed E-state index contributed by atoms with van der Waals surface area (Å²) in [6, 6.07) is 8.06. The highest BCUT2D eigenvalue weighted by Gasteiger charge is 2.12. The molecule has 0 radical (unpaired) electrons. The van der Waals surface area contributed by atoms with Crippen molar-refractivity contribution in [3.8, 4) is 18.1 Å². The fourth-order valence-electron chi connectivity index (χ4n) is 1.18. The van der Waals surface area contributed by atoms with Gasteiger partial charge in [0.05, 0.1) is 0 Å². The van der Waals surface area contributed by atoms with Crippen molar-refractivity contribution in [2.24, 2.45) is 0 Å². The van der Waals surface area contributed by atoms with Crippen LogP contribution in [0, 0.1) is 12.3 Å². The van der Waals surface area contributed by atoms with Crippen molar-refractivity contribution >= 4 is 0 Å². The van der Waals surface area contributed by atoms with E-state index < -0.39 is 0 Å². The Morgan fingerprint density at radius 1 is 1.21 bits per heavy atom. The molecule has 0 amide bonds. The second-order valence-electron chi connectivity index (χ2n) is 4.27. The van der Waals surface area contributed by atoms with E-state index >= 15 is 0 Å². The topological polar surface area (TPSA) is 9.23 Å². The molecule has 0 heterocycles. The number of hydrogen-bond donors (Lipinski definition) is 0. The normalized spacial score (nSPS) is 10.7. The van der Waals surface area contributed by atoms with Crippen molar-refractivity contribution in [1.82, 2.24) is 0 Å². The number of benzene rings is 1. The minimum absolute atomic E-state index is 0.185. The smallest absolute Gasteiger partial charge is 0.148 e. The standard InChI is InChI=1S/C13H16O/c1-5-10-14-12-8-6-11(7-9-12)13(2,3)4/h1,6-9H,10H2,2-4H3. The second-order valence-corrected chi connectivity index (χ2v) is 4.27. The first-order chi connectivity index (χ1) is 6.54. The van der Waals surface area contributed by atoms with Gasteiger partial charge >= 0.3 is 0 Å². The molecule has 0 aliphatic carbocycles. The van der Waals surface area contributed by atoms with Crippen molar-refractivity contribution < 1.29 is 4.74 Å². The molecular weight excluding hydrogens is 172 g/mol. The predicted molar refractivity (Wildman–Crippen MR) is 59.5 cm³/mol. The largest absolute Gasteiger partial charge is 0.481 e. The van der Waals surface area contributed by atoms with Crippen LogP contribution in [0.5, 0.6) is 5.75 Å². The Bertz CT molecular complexity index is 322. The van der Waals surface area contributed by atoms with Crippen LogP contribution in [0.4, 0.5) is 0 Å². The second kappa shape index (κ2) is 4.19. The SMILES string of the molecule is C#CCOc1ccc(C(C)(C)C)cc1. The van der Waals surface area contributed by atoms with Crippen molar-refractivity contribution in [2.45, 2.75) is 26.2 Å². The van der Waals surface area contributed by atoms with Crippen LogP contribution in [0.2, 0.25) is 0 Å². The number of ether oxygens (including phenoxy) is 1. The van der Waals surface area contributed by atoms with Gasteiger partial charge in [-0.3, -0.25) is 0 Å². The first-order valence-electron chi connectivity index (χ1n) is 4.71. The summed E-state index contributed by atoms with van der Waals surface area (Å²) in [5.74, 6) is 3.27. The molecular formula is C13H16O. The van der Waals surface area contributed by atoms with E-state index in [1.54, 1.807) is 0 Å². The third-order valence-corrected chi connectivity index (χ3v) is 2.04. The minimum Gasteiger partial charge on any atom is -0.481 e. The van der Waals surface area contributed by atoms with Crippen molar-refractivity contribution in [1.29, 1.82) is 0 Å². The van der Waals surface area contributed by atoms with Crippen molar-refractivity contribution in [3.63, 3.8) is 0 Å². The van der Waals surface area contributed by atoms with Crippen LogP contribution >= 0.6 is 0 Å². The summed E-state index contributed by atoms with van der Waals surface area (Å²) in [6.07, 6.45) is 5.10. The quantitative estimate of drug-likeness (QED) is 0.648. The Labute approximate surface area is 86.1 Å². The third-order valence-electron chi connectivity index (χ3n) is 2.04. The van der Waals surface area contributed by atoms with E-state index in [1.807, 2.05) is 12.1 Å². The summed E-state index contributed by atoms with van der Waals surface area (Å²) < 4.78 is 5.29. The van der Waals surface area contributed by atoms with Gasteiger partial charge in [0.15, 0.2) is 0 Å². The maximum absolute atomic E-state index is 5.29. The summed E-state index contributed by atoms with van der Waals surface area (Å²) in [5.41, 5.74) is 1.48. The molecule has 1 aromatic rings. The molecule has 0 atom stereocenters. The fraction of sp³-hybridized carbons (Fsp3) is 0.385. The first-order valence-corrected chi connectivity index (χ1v) is 4.71. The summed E-state index contributed by atoms with van der Waals surface area (Å²) in [6.45, 7) is 6.88. The van der Waals surface area contributed by atoms with Crippen molar-refractivity contribution in [2.75, 3.05) is 6.61 Å². The van der Waals surface area contributed by atoms with Gasteiger partial charge in [0.25, 0.3) is 0 Å². The average Bonchev–Trinajstić information content (AvgIpc) is 2.14. The van der Waals surface area contributed by atoms with E-state index in [-0.39, 0.29) is 5.41 Å². The van der Waals surface area contributed by atoms with Crippen LogP contribution in [0.25, 0.3) is 0 Å². The molecule has 0 fully saturated rings. The molecule has 0 spiro atoms. The van der Waals surface area contributed by atoms with Crippen molar-refractivity contribution in [3.05, 3.63) is 29.8 Å². The molecule has 14 heavy (non-hydrogen) atoms. The van der Waals surface area contributed by atoms with Gasteiger partial charge in [0.1, 0.15) is 12.4 Å². The average molecular weight is 188 g/mol. The number of terminal acetylenes is 1. The van der Waals surface area contributed by atoms with Gasteiger partial charge in [-0.05, 0) is 23.1 Å². The summed E-state index contributed by atoms with van der Waals surface area (Å²) >= 11 is 0. The third kappa shape index (κ3) is 2.81. The monoisotopic (exact) mass is 188 g/mol. The lowest BCUT2D eigenvalue weighted by atomic mass is 9.87. The lowest BCUT2D eigenvalue weighted by Gasteiger charge is -2.18. The predicted octanol–water partition coefficient (Wildman–Crippen LogP) is 3.00. The summed E-state index contributed by atoms with van der Waals surface area (Å²) in [7, 11) is 0. The van der Waals surface area contributed by atoms with Gasteiger partial charge in [-0.2, -0.15) is 0 Å². The molecule has 74 valence electrons. The van der Waals surface area contributed by atoms with E-state index in [0.717, 1.165) is 5.75 Å². The fourth-order valence-corrected chi connectivity index (χ4v) is 1.18. The molecule has 0 aliphatic rings. The van der Waals surface area contributed by atoms with Crippen LogP contribution in [-0.2, 0) is 5.41 Å². The molecule has 0 bridgehead atoms. The van der Waals surface area contributed by atoms with E-state index in [9.17, 15) is 0 Å². The molecule has 1 nitrogen and oxygen atoms in total. The lowest BCUT2D eigenvalue weighted by molar-refractivity contribution is 0.370. The van der Waals surface area contributed by atoms with Gasteiger partial charge in [-0.25, -0.2) is 0 Å². The Morgan fingerprint density at radius 2 is 1.79 bits per heavy atom. The lowest BCUT2D eigenvalue weighted by Crippen LogP contribution is -2.10. The van der Waals surface area contributed by atoms with Gasteiger partial charge in [0, 0.05) is 0 Å². The van der Waals surface area contributed by atoms with E-state index in [1.165, 1.54) is 5.56 Å². The Morgan fingerprint density at radius 3 is 2.21 bits per heavy atom. The number of rotatable bonds is 2. The molecule has 0 saturated heterocycles. The molecule has 0 unspecified atom stereocenters. The van der Waals surface area contributed by atoms with Crippen LogP contribution in [0.1, 0.15) is 26.3 Å². The van der Waals surface area contributed by atoms with Gasteiger partial charge < -0.3 is 4.74 Å². The van der Waals surface area contributed by atoms with Gasteiger partial charge in [-0.15, -0.1) is 6.42 Å². The summed E-state index contributed by atoms with van der Waals surface area (Å²) in [5, 5.41) is 0. The molecule has 0 N–H and O–H groups in total. The van der Waals surface area contributed by atoms with Crippen LogP contribution in [-0.4, -0.2) is 6.61 Å². The Hall–Kier alpha value is -1.42. The Kier molecular flexibility index (Phi) is 3.19. The van der Waals surface area contributed by atoms with Crippen LogP contribution in [0.3, 0.4) is 0 Å². The zero-order valence-electron chi connectivity index (χ0n) is 9.00. The molecule has 0 aliphatic heterocycles. The zero-order valence-corrected chi connectivity index (χ0v) is 9.00. The molecule has 1 rings (SSSR count). The highest BCUT2D eigenvalue weighted by Crippen LogP contribution is 2.24. The van der Waals surface area contributed by atoms with Crippen LogP contribution < -0.4 is 4.74 Å². The minimum atomic E-state index is 0.185. The molecule has 0 aromatic heterocycles. The highest BCUT2D eigenvalue weighted by molar-refractivity contribution is 5.31. The van der Waals surface area contributed by atoms with E-state index in [4.69, 9.17) is 11.2 Å². The first kappa shape index (κ1) is 10.7. The summed E-state index contributed by atoms with van der Waals surface area (Å²) in [4.78, 5) is 0. The van der Waals surface area contributed by atoms with E-state index in [2.05, 4.69) is 38.8 Å². The molecule has 1 aromatic carbocycles. The number of hydrogen-bond acceptors (Lipinski definition) is 1. The molecule has 0 saturated carbocycles. The zero-order chi connectivity index (χ0) is 10.6. The van der Waals surface area contributed by atoms with E-state index in [0.29, 0.717) is 6.61 Å².